The van der Waals surface area contributed by atoms with Crippen molar-refractivity contribution in [2.45, 2.75) is 12.5 Å². The van der Waals surface area contributed by atoms with E-state index in [1.165, 1.54) is 16.7 Å². The molecule has 0 bridgehead atoms. The Hall–Kier alpha value is -2.20. The third kappa shape index (κ3) is 2.11. The molecule has 0 aliphatic carbocycles. The van der Waals surface area contributed by atoms with Gasteiger partial charge < -0.3 is 14.2 Å². The van der Waals surface area contributed by atoms with E-state index in [1.54, 1.807) is 7.11 Å². The van der Waals surface area contributed by atoms with Crippen LogP contribution in [0, 0.1) is 0 Å². The topological polar surface area (TPSA) is 30.9 Å². The van der Waals surface area contributed by atoms with E-state index in [0.717, 1.165) is 30.2 Å². The number of methoxy groups -OCH3 is 1. The Bertz CT molecular complexity index is 696. The van der Waals surface area contributed by atoms with Crippen LogP contribution in [0.15, 0.2) is 36.4 Å². The molecule has 0 aromatic heterocycles. The van der Waals surface area contributed by atoms with Crippen LogP contribution in [-0.4, -0.2) is 32.4 Å². The van der Waals surface area contributed by atoms with Crippen LogP contribution in [0.3, 0.4) is 0 Å². The van der Waals surface area contributed by atoms with Gasteiger partial charge >= 0.3 is 0 Å². The minimum absolute atomic E-state index is 0.240. The van der Waals surface area contributed by atoms with Gasteiger partial charge in [0, 0.05) is 6.54 Å². The van der Waals surface area contributed by atoms with Crippen LogP contribution >= 0.6 is 0 Å². The lowest BCUT2D eigenvalue weighted by molar-refractivity contribution is 0.174. The molecule has 4 heteroatoms. The van der Waals surface area contributed by atoms with Gasteiger partial charge in [0.15, 0.2) is 11.5 Å². The standard InChI is InChI=1S/C18H19NO3/c1-19-8-7-13-9-16-17(22-11-21-16)10-15(13)18(19)12-3-5-14(20-2)6-4-12/h3-6,9-10,18H,7-8,11H2,1-2H3. The zero-order valence-corrected chi connectivity index (χ0v) is 12.8. The second kappa shape index (κ2) is 5.21. The Kier molecular flexibility index (Phi) is 3.19. The molecule has 1 unspecified atom stereocenters. The molecule has 4 rings (SSSR count). The van der Waals surface area contributed by atoms with Gasteiger partial charge in [-0.3, -0.25) is 4.90 Å². The Balaban J connectivity index is 1.79. The molecule has 2 aromatic carbocycles. The van der Waals surface area contributed by atoms with Crippen LogP contribution in [-0.2, 0) is 6.42 Å². The van der Waals surface area contributed by atoms with Crippen molar-refractivity contribution in [2.24, 2.45) is 0 Å². The summed E-state index contributed by atoms with van der Waals surface area (Å²) in [5.41, 5.74) is 3.93. The van der Waals surface area contributed by atoms with E-state index in [0.29, 0.717) is 6.79 Å². The van der Waals surface area contributed by atoms with Crippen LogP contribution < -0.4 is 14.2 Å². The predicted octanol–water partition coefficient (Wildman–Crippen LogP) is 3.00. The van der Waals surface area contributed by atoms with Crippen LogP contribution in [0.25, 0.3) is 0 Å². The summed E-state index contributed by atoms with van der Waals surface area (Å²) in [6.07, 6.45) is 1.04. The molecule has 0 spiro atoms. The van der Waals surface area contributed by atoms with E-state index in [-0.39, 0.29) is 6.04 Å². The highest BCUT2D eigenvalue weighted by atomic mass is 16.7. The van der Waals surface area contributed by atoms with E-state index < -0.39 is 0 Å². The van der Waals surface area contributed by atoms with Crippen LogP contribution in [0.5, 0.6) is 17.2 Å². The van der Waals surface area contributed by atoms with Crippen LogP contribution in [0.2, 0.25) is 0 Å². The van der Waals surface area contributed by atoms with E-state index >= 15 is 0 Å². The molecular formula is C18H19NO3. The van der Waals surface area contributed by atoms with E-state index in [1.807, 2.05) is 12.1 Å². The van der Waals surface area contributed by atoms with Gasteiger partial charge in [0.2, 0.25) is 6.79 Å². The summed E-state index contributed by atoms with van der Waals surface area (Å²) in [6.45, 7) is 1.35. The van der Waals surface area contributed by atoms with Gasteiger partial charge in [-0.2, -0.15) is 0 Å². The molecule has 0 saturated heterocycles. The lowest BCUT2D eigenvalue weighted by Gasteiger charge is -2.35. The monoisotopic (exact) mass is 297 g/mol. The lowest BCUT2D eigenvalue weighted by atomic mass is 9.88. The van der Waals surface area contributed by atoms with Gasteiger partial charge in [-0.05, 0) is 54.4 Å². The SMILES string of the molecule is COc1ccc(C2c3cc4c(cc3CCN2C)OCO4)cc1. The fourth-order valence-electron chi connectivity index (χ4n) is 3.35. The molecule has 2 aliphatic rings. The zero-order valence-electron chi connectivity index (χ0n) is 12.8. The van der Waals surface area contributed by atoms with Crippen molar-refractivity contribution in [2.75, 3.05) is 27.5 Å². The zero-order chi connectivity index (χ0) is 15.1. The van der Waals surface area contributed by atoms with Gasteiger partial charge in [0.1, 0.15) is 5.75 Å². The van der Waals surface area contributed by atoms with Crippen molar-refractivity contribution in [3.8, 4) is 17.2 Å². The fraction of sp³-hybridized carbons (Fsp3) is 0.333. The van der Waals surface area contributed by atoms with E-state index in [9.17, 15) is 0 Å². The predicted molar refractivity (Wildman–Crippen MR) is 83.7 cm³/mol. The number of hydrogen-bond donors (Lipinski definition) is 0. The highest BCUT2D eigenvalue weighted by molar-refractivity contribution is 5.52. The molecule has 0 N–H and O–H groups in total. The molecule has 1 atom stereocenters. The number of likely N-dealkylation sites (N-methyl/N-ethyl adjacent to an activating group) is 1. The molecule has 4 nitrogen and oxygen atoms in total. The number of ether oxygens (including phenoxy) is 3. The smallest absolute Gasteiger partial charge is 0.231 e. The normalized spacial score (nSPS) is 19.8. The van der Waals surface area contributed by atoms with Gasteiger partial charge in [-0.15, -0.1) is 0 Å². The molecular weight excluding hydrogens is 278 g/mol. The molecule has 0 amide bonds. The quantitative estimate of drug-likeness (QED) is 0.852. The van der Waals surface area contributed by atoms with Gasteiger partial charge in [0.25, 0.3) is 0 Å². The van der Waals surface area contributed by atoms with Gasteiger partial charge in [0.05, 0.1) is 13.2 Å². The summed E-state index contributed by atoms with van der Waals surface area (Å²) >= 11 is 0. The number of fused-ring (bicyclic) bond motifs is 2. The molecule has 2 aliphatic heterocycles. The third-order valence-corrected chi connectivity index (χ3v) is 4.54. The third-order valence-electron chi connectivity index (χ3n) is 4.54. The average molecular weight is 297 g/mol. The van der Waals surface area contributed by atoms with Crippen molar-refractivity contribution in [3.63, 3.8) is 0 Å². The summed E-state index contributed by atoms with van der Waals surface area (Å²) in [6, 6.07) is 12.8. The maximum Gasteiger partial charge on any atom is 0.231 e. The lowest BCUT2D eigenvalue weighted by Crippen LogP contribution is -2.32. The molecule has 0 fully saturated rings. The minimum Gasteiger partial charge on any atom is -0.497 e. The highest BCUT2D eigenvalue weighted by Gasteiger charge is 2.29. The first-order valence-corrected chi connectivity index (χ1v) is 7.53. The van der Waals surface area contributed by atoms with E-state index in [2.05, 4.69) is 36.2 Å². The molecule has 2 heterocycles. The number of benzene rings is 2. The van der Waals surface area contributed by atoms with Crippen molar-refractivity contribution in [1.29, 1.82) is 0 Å². The Morgan fingerprint density at radius 2 is 1.82 bits per heavy atom. The van der Waals surface area contributed by atoms with E-state index in [4.69, 9.17) is 14.2 Å². The molecule has 0 saturated carbocycles. The van der Waals surface area contributed by atoms with Crippen molar-refractivity contribution in [3.05, 3.63) is 53.1 Å². The molecule has 22 heavy (non-hydrogen) atoms. The first kappa shape index (κ1) is 13.5. The van der Waals surface area contributed by atoms with Crippen LogP contribution in [0.4, 0.5) is 0 Å². The van der Waals surface area contributed by atoms with Crippen molar-refractivity contribution < 1.29 is 14.2 Å². The Labute approximate surface area is 130 Å². The summed E-state index contributed by atoms with van der Waals surface area (Å²) < 4.78 is 16.3. The van der Waals surface area contributed by atoms with Gasteiger partial charge in [-0.25, -0.2) is 0 Å². The second-order valence-electron chi connectivity index (χ2n) is 5.81. The summed E-state index contributed by atoms with van der Waals surface area (Å²) in [5.74, 6) is 2.61. The summed E-state index contributed by atoms with van der Waals surface area (Å²) in [7, 11) is 3.86. The molecule has 0 radical (unpaired) electrons. The Morgan fingerprint density at radius 1 is 1.09 bits per heavy atom. The summed E-state index contributed by atoms with van der Waals surface area (Å²) in [4.78, 5) is 2.38. The number of hydrogen-bond acceptors (Lipinski definition) is 4. The average Bonchev–Trinajstić information content (AvgIpc) is 3.00. The fourth-order valence-corrected chi connectivity index (χ4v) is 3.35. The first-order valence-electron chi connectivity index (χ1n) is 7.53. The van der Waals surface area contributed by atoms with Gasteiger partial charge in [-0.1, -0.05) is 12.1 Å². The number of rotatable bonds is 2. The summed E-state index contributed by atoms with van der Waals surface area (Å²) in [5, 5.41) is 0. The molecule has 2 aromatic rings. The molecule has 114 valence electrons. The first-order chi connectivity index (χ1) is 10.8. The minimum atomic E-state index is 0.240. The maximum atomic E-state index is 5.56. The largest absolute Gasteiger partial charge is 0.497 e. The Morgan fingerprint density at radius 3 is 2.55 bits per heavy atom. The highest BCUT2D eigenvalue weighted by Crippen LogP contribution is 2.42. The van der Waals surface area contributed by atoms with Crippen molar-refractivity contribution >= 4 is 0 Å². The second-order valence-corrected chi connectivity index (χ2v) is 5.81. The number of nitrogens with zero attached hydrogens (tertiary/aromatic N) is 1. The maximum absolute atomic E-state index is 5.56. The van der Waals surface area contributed by atoms with Crippen molar-refractivity contribution in [1.82, 2.24) is 4.90 Å². The van der Waals surface area contributed by atoms with Crippen LogP contribution in [0.1, 0.15) is 22.7 Å².